The summed E-state index contributed by atoms with van der Waals surface area (Å²) in [6.45, 7) is 4.17. The van der Waals surface area contributed by atoms with Crippen LogP contribution in [0.4, 0.5) is 0 Å². The second-order valence-corrected chi connectivity index (χ2v) is 4.13. The Bertz CT molecular complexity index is 373. The summed E-state index contributed by atoms with van der Waals surface area (Å²) in [5.74, 6) is 0.415. The van der Waals surface area contributed by atoms with Gasteiger partial charge in [-0.1, -0.05) is 0 Å². The normalized spacial score (nSPS) is 19.7. The summed E-state index contributed by atoms with van der Waals surface area (Å²) < 4.78 is 5.26. The number of aromatic nitrogens is 1. The number of hydrogen-bond acceptors (Lipinski definition) is 3. The topological polar surface area (TPSA) is 51.2 Å². The number of pyridine rings is 1. The van der Waals surface area contributed by atoms with Crippen LogP contribution in [0.3, 0.4) is 0 Å². The van der Waals surface area contributed by atoms with Crippen LogP contribution < -0.4 is 5.32 Å². The van der Waals surface area contributed by atoms with Crippen LogP contribution in [0.1, 0.15) is 22.3 Å². The molecule has 1 N–H and O–H groups in total. The van der Waals surface area contributed by atoms with E-state index in [1.807, 2.05) is 13.0 Å². The van der Waals surface area contributed by atoms with Crippen molar-refractivity contribution >= 4 is 5.91 Å². The van der Waals surface area contributed by atoms with E-state index >= 15 is 0 Å². The molecule has 1 aliphatic heterocycles. The average molecular weight is 220 g/mol. The van der Waals surface area contributed by atoms with Crippen LogP contribution in [0.2, 0.25) is 0 Å². The number of carbonyl (C=O) groups is 1. The van der Waals surface area contributed by atoms with Crippen molar-refractivity contribution < 1.29 is 9.53 Å². The number of amides is 1. The van der Waals surface area contributed by atoms with E-state index in [9.17, 15) is 4.79 Å². The Kier molecular flexibility index (Phi) is 3.51. The minimum absolute atomic E-state index is 0.0440. The van der Waals surface area contributed by atoms with E-state index in [2.05, 4.69) is 10.3 Å². The van der Waals surface area contributed by atoms with E-state index in [1.54, 1.807) is 12.4 Å². The predicted octanol–water partition coefficient (Wildman–Crippen LogP) is 1.16. The van der Waals surface area contributed by atoms with E-state index in [1.165, 1.54) is 0 Å². The molecule has 4 heteroatoms. The highest BCUT2D eigenvalue weighted by atomic mass is 16.5. The van der Waals surface area contributed by atoms with Crippen molar-refractivity contribution in [2.75, 3.05) is 19.8 Å². The van der Waals surface area contributed by atoms with Crippen LogP contribution in [0, 0.1) is 12.8 Å². The fourth-order valence-electron chi connectivity index (χ4n) is 1.78. The van der Waals surface area contributed by atoms with Gasteiger partial charge >= 0.3 is 0 Å². The first-order chi connectivity index (χ1) is 7.77. The third-order valence-electron chi connectivity index (χ3n) is 2.86. The van der Waals surface area contributed by atoms with Crippen molar-refractivity contribution in [1.82, 2.24) is 10.3 Å². The summed E-state index contributed by atoms with van der Waals surface area (Å²) >= 11 is 0. The van der Waals surface area contributed by atoms with Gasteiger partial charge in [-0.05, 0) is 25.0 Å². The molecule has 0 saturated carbocycles. The van der Waals surface area contributed by atoms with Crippen molar-refractivity contribution in [1.29, 1.82) is 0 Å². The van der Waals surface area contributed by atoms with Gasteiger partial charge in [0.2, 0.25) is 0 Å². The van der Waals surface area contributed by atoms with Crippen molar-refractivity contribution in [3.8, 4) is 0 Å². The van der Waals surface area contributed by atoms with Gasteiger partial charge in [0.15, 0.2) is 0 Å². The smallest absolute Gasteiger partial charge is 0.253 e. The molecule has 4 nitrogen and oxygen atoms in total. The third-order valence-corrected chi connectivity index (χ3v) is 2.86. The monoisotopic (exact) mass is 220 g/mol. The Morgan fingerprint density at radius 3 is 3.25 bits per heavy atom. The summed E-state index contributed by atoms with van der Waals surface area (Å²) in [5.41, 5.74) is 1.61. The molecule has 1 fully saturated rings. The molecule has 0 spiro atoms. The molecule has 1 saturated heterocycles. The van der Waals surface area contributed by atoms with Crippen molar-refractivity contribution in [2.45, 2.75) is 13.3 Å². The zero-order valence-electron chi connectivity index (χ0n) is 9.40. The molecule has 1 amide bonds. The zero-order chi connectivity index (χ0) is 11.4. The second kappa shape index (κ2) is 5.07. The first-order valence-corrected chi connectivity index (χ1v) is 5.54. The van der Waals surface area contributed by atoms with Gasteiger partial charge < -0.3 is 10.1 Å². The van der Waals surface area contributed by atoms with Gasteiger partial charge in [0.05, 0.1) is 12.2 Å². The third kappa shape index (κ3) is 2.58. The Morgan fingerprint density at radius 1 is 1.69 bits per heavy atom. The Labute approximate surface area is 95.0 Å². The number of nitrogens with one attached hydrogen (secondary N) is 1. The molecule has 1 unspecified atom stereocenters. The Balaban J connectivity index is 1.90. The molecule has 16 heavy (non-hydrogen) atoms. The fraction of sp³-hybridized carbons (Fsp3) is 0.500. The summed E-state index contributed by atoms with van der Waals surface area (Å²) in [6, 6.07) is 1.84. The van der Waals surface area contributed by atoms with Crippen LogP contribution in [0.15, 0.2) is 18.5 Å². The van der Waals surface area contributed by atoms with Gasteiger partial charge in [-0.3, -0.25) is 9.78 Å². The summed E-state index contributed by atoms with van der Waals surface area (Å²) in [7, 11) is 0. The van der Waals surface area contributed by atoms with E-state index in [4.69, 9.17) is 4.74 Å². The molecular formula is C12H16N2O2. The molecule has 1 aromatic heterocycles. The number of carbonyl (C=O) groups excluding carboxylic acids is 1. The van der Waals surface area contributed by atoms with Gasteiger partial charge in [-0.15, -0.1) is 0 Å². The predicted molar refractivity (Wildman–Crippen MR) is 60.2 cm³/mol. The van der Waals surface area contributed by atoms with Crippen LogP contribution in [-0.2, 0) is 4.74 Å². The molecule has 1 atom stereocenters. The van der Waals surface area contributed by atoms with E-state index in [-0.39, 0.29) is 5.91 Å². The molecule has 1 aromatic rings. The van der Waals surface area contributed by atoms with Crippen molar-refractivity contribution in [3.63, 3.8) is 0 Å². The number of aryl methyl sites for hydroxylation is 1. The highest BCUT2D eigenvalue weighted by molar-refractivity contribution is 5.95. The highest BCUT2D eigenvalue weighted by Gasteiger charge is 2.17. The van der Waals surface area contributed by atoms with Gasteiger partial charge in [0.25, 0.3) is 5.91 Å². The standard InChI is InChI=1S/C12H16N2O2/c1-9-2-4-13-7-11(9)12(15)14-6-10-3-5-16-8-10/h2,4,7,10H,3,5-6,8H2,1H3,(H,14,15). The first-order valence-electron chi connectivity index (χ1n) is 5.54. The largest absolute Gasteiger partial charge is 0.381 e. The fourth-order valence-corrected chi connectivity index (χ4v) is 1.78. The second-order valence-electron chi connectivity index (χ2n) is 4.13. The number of ether oxygens (including phenoxy) is 1. The lowest BCUT2D eigenvalue weighted by Crippen LogP contribution is -2.30. The lowest BCUT2D eigenvalue weighted by molar-refractivity contribution is 0.0944. The SMILES string of the molecule is Cc1ccncc1C(=O)NCC1CCOC1. The maximum Gasteiger partial charge on any atom is 0.253 e. The molecule has 86 valence electrons. The van der Waals surface area contributed by atoms with E-state index in [0.29, 0.717) is 18.0 Å². The molecule has 2 heterocycles. The number of hydrogen-bond donors (Lipinski definition) is 1. The quantitative estimate of drug-likeness (QED) is 0.831. The molecule has 1 aliphatic rings. The zero-order valence-corrected chi connectivity index (χ0v) is 9.40. The molecule has 0 radical (unpaired) electrons. The summed E-state index contributed by atoms with van der Waals surface area (Å²) in [6.07, 6.45) is 4.33. The van der Waals surface area contributed by atoms with Gasteiger partial charge in [0, 0.05) is 31.5 Å². The van der Waals surface area contributed by atoms with Gasteiger partial charge in [-0.25, -0.2) is 0 Å². The minimum Gasteiger partial charge on any atom is -0.381 e. The minimum atomic E-state index is -0.0440. The van der Waals surface area contributed by atoms with E-state index in [0.717, 1.165) is 25.2 Å². The molecule has 0 bridgehead atoms. The molecule has 0 aliphatic carbocycles. The van der Waals surface area contributed by atoms with Crippen molar-refractivity contribution in [3.05, 3.63) is 29.6 Å². The maximum atomic E-state index is 11.8. The average Bonchev–Trinajstić information content (AvgIpc) is 2.79. The van der Waals surface area contributed by atoms with E-state index < -0.39 is 0 Å². The van der Waals surface area contributed by atoms with Gasteiger partial charge in [0.1, 0.15) is 0 Å². The summed E-state index contributed by atoms with van der Waals surface area (Å²) in [5, 5.41) is 2.92. The number of nitrogens with zero attached hydrogens (tertiary/aromatic N) is 1. The molecular weight excluding hydrogens is 204 g/mol. The molecule has 2 rings (SSSR count). The highest BCUT2D eigenvalue weighted by Crippen LogP contribution is 2.11. The maximum absolute atomic E-state index is 11.8. The van der Waals surface area contributed by atoms with Crippen molar-refractivity contribution in [2.24, 2.45) is 5.92 Å². The van der Waals surface area contributed by atoms with Crippen LogP contribution in [0.5, 0.6) is 0 Å². The molecule has 0 aromatic carbocycles. The van der Waals surface area contributed by atoms with Crippen LogP contribution in [0.25, 0.3) is 0 Å². The Morgan fingerprint density at radius 2 is 2.56 bits per heavy atom. The lowest BCUT2D eigenvalue weighted by Gasteiger charge is -2.10. The van der Waals surface area contributed by atoms with Gasteiger partial charge in [-0.2, -0.15) is 0 Å². The first kappa shape index (κ1) is 11.1. The summed E-state index contributed by atoms with van der Waals surface area (Å²) in [4.78, 5) is 15.8. The van der Waals surface area contributed by atoms with Crippen LogP contribution in [-0.4, -0.2) is 30.6 Å². The van der Waals surface area contributed by atoms with Crippen LogP contribution >= 0.6 is 0 Å². The lowest BCUT2D eigenvalue weighted by atomic mass is 10.1. The Hall–Kier alpha value is -1.42. The number of rotatable bonds is 3.